The first-order chi connectivity index (χ1) is 12.1. The predicted octanol–water partition coefficient (Wildman–Crippen LogP) is 2.41. The molecule has 1 fully saturated rings. The van der Waals surface area contributed by atoms with E-state index in [1.54, 1.807) is 12.1 Å². The fourth-order valence-electron chi connectivity index (χ4n) is 2.85. The van der Waals surface area contributed by atoms with Crippen molar-refractivity contribution in [3.63, 3.8) is 0 Å². The molecule has 1 aliphatic rings. The number of urea groups is 1. The fraction of sp³-hybridized carbons (Fsp3) is 0.556. The Morgan fingerprint density at radius 2 is 1.81 bits per heavy atom. The summed E-state index contributed by atoms with van der Waals surface area (Å²) in [4.78, 5) is 25.8. The van der Waals surface area contributed by atoms with E-state index in [-0.39, 0.29) is 30.9 Å². The van der Waals surface area contributed by atoms with Gasteiger partial charge in [-0.25, -0.2) is 4.79 Å². The highest BCUT2D eigenvalue weighted by Crippen LogP contribution is 2.16. The van der Waals surface area contributed by atoms with E-state index < -0.39 is 0 Å². The summed E-state index contributed by atoms with van der Waals surface area (Å²) in [5.74, 6) is 0.614. The summed E-state index contributed by atoms with van der Waals surface area (Å²) in [5, 5.41) is 9.38. The van der Waals surface area contributed by atoms with Crippen LogP contribution in [0.2, 0.25) is 5.02 Å². The van der Waals surface area contributed by atoms with Crippen molar-refractivity contribution in [1.29, 1.82) is 0 Å². The Morgan fingerprint density at radius 3 is 2.42 bits per heavy atom. The molecule has 146 valence electrons. The molecule has 26 heavy (non-hydrogen) atoms. The van der Waals surface area contributed by atoms with E-state index >= 15 is 0 Å². The van der Waals surface area contributed by atoms with E-state index in [4.69, 9.17) is 11.6 Å². The quantitative estimate of drug-likeness (QED) is 0.655. The summed E-state index contributed by atoms with van der Waals surface area (Å²) in [5.41, 5.74) is 0.952. The summed E-state index contributed by atoms with van der Waals surface area (Å²) < 4.78 is 0. The Kier molecular flexibility index (Phi) is 10.4. The van der Waals surface area contributed by atoms with E-state index in [2.05, 4.69) is 22.9 Å². The lowest BCUT2D eigenvalue weighted by Crippen LogP contribution is -2.46. The van der Waals surface area contributed by atoms with Gasteiger partial charge in [-0.2, -0.15) is 0 Å². The lowest BCUT2D eigenvalue weighted by atomic mass is 9.97. The third kappa shape index (κ3) is 7.81. The van der Waals surface area contributed by atoms with Crippen LogP contribution < -0.4 is 16.0 Å². The van der Waals surface area contributed by atoms with Gasteiger partial charge in [0, 0.05) is 24.7 Å². The molecule has 3 amide bonds. The molecule has 0 bridgehead atoms. The number of nitrogens with one attached hydrogen (secondary N) is 3. The Labute approximate surface area is 166 Å². The number of rotatable bonds is 7. The second kappa shape index (κ2) is 12.0. The number of hydrogen-bond donors (Lipinski definition) is 3. The van der Waals surface area contributed by atoms with Gasteiger partial charge >= 0.3 is 6.03 Å². The molecule has 1 heterocycles. The van der Waals surface area contributed by atoms with Gasteiger partial charge in [0.2, 0.25) is 5.91 Å². The lowest BCUT2D eigenvalue weighted by Gasteiger charge is -2.32. The van der Waals surface area contributed by atoms with Crippen LogP contribution in [0.1, 0.15) is 25.3 Å². The van der Waals surface area contributed by atoms with Crippen molar-refractivity contribution in [3.8, 4) is 0 Å². The van der Waals surface area contributed by atoms with Gasteiger partial charge in [0.05, 0.1) is 6.54 Å². The van der Waals surface area contributed by atoms with E-state index in [0.717, 1.165) is 44.6 Å². The Balaban J connectivity index is 0.00000338. The first-order valence-electron chi connectivity index (χ1n) is 8.83. The average molecular weight is 403 g/mol. The molecule has 8 heteroatoms. The largest absolute Gasteiger partial charge is 0.341 e. The van der Waals surface area contributed by atoms with Crippen molar-refractivity contribution in [2.45, 2.75) is 26.3 Å². The molecule has 2 rings (SSSR count). The number of nitrogens with zero attached hydrogens (tertiary/aromatic N) is 1. The van der Waals surface area contributed by atoms with Crippen LogP contribution in [0.15, 0.2) is 24.3 Å². The van der Waals surface area contributed by atoms with Crippen LogP contribution in [0.25, 0.3) is 0 Å². The maximum Gasteiger partial charge on any atom is 0.315 e. The lowest BCUT2D eigenvalue weighted by molar-refractivity contribution is -0.131. The zero-order chi connectivity index (χ0) is 18.1. The molecule has 1 aromatic carbocycles. The molecule has 6 nitrogen and oxygen atoms in total. The molecule has 1 saturated heterocycles. The van der Waals surface area contributed by atoms with Gasteiger partial charge < -0.3 is 20.9 Å². The molecule has 0 radical (unpaired) electrons. The Morgan fingerprint density at radius 1 is 1.15 bits per heavy atom. The summed E-state index contributed by atoms with van der Waals surface area (Å²) in [6, 6.07) is 6.92. The Bertz CT molecular complexity index is 561. The molecule has 0 spiro atoms. The highest BCUT2D eigenvalue weighted by Gasteiger charge is 2.22. The Hall–Kier alpha value is -1.50. The normalized spacial score (nSPS) is 14.5. The van der Waals surface area contributed by atoms with Crippen LogP contribution in [0.5, 0.6) is 0 Å². The van der Waals surface area contributed by atoms with Crippen LogP contribution >= 0.6 is 24.0 Å². The predicted molar refractivity (Wildman–Crippen MR) is 107 cm³/mol. The maximum absolute atomic E-state index is 12.2. The van der Waals surface area contributed by atoms with Crippen LogP contribution in [0.3, 0.4) is 0 Å². The van der Waals surface area contributed by atoms with E-state index in [0.29, 0.717) is 17.5 Å². The number of carbonyl (C=O) groups is 2. The number of hydrogen-bond acceptors (Lipinski definition) is 3. The summed E-state index contributed by atoms with van der Waals surface area (Å²) >= 11 is 5.82. The minimum Gasteiger partial charge on any atom is -0.341 e. The van der Waals surface area contributed by atoms with Gasteiger partial charge in [0.15, 0.2) is 0 Å². The highest BCUT2D eigenvalue weighted by molar-refractivity contribution is 6.30. The molecule has 3 N–H and O–H groups in total. The SMILES string of the molecule is CCNCC1CCN(C(=O)CNC(=O)NCc2ccc(Cl)cc2)CC1.Cl. The van der Waals surface area contributed by atoms with Crippen LogP contribution in [-0.4, -0.2) is 49.6 Å². The van der Waals surface area contributed by atoms with Gasteiger partial charge in [0.1, 0.15) is 0 Å². The van der Waals surface area contributed by atoms with Gasteiger partial charge in [-0.05, 0) is 49.5 Å². The maximum atomic E-state index is 12.2. The second-order valence-electron chi connectivity index (χ2n) is 6.29. The van der Waals surface area contributed by atoms with Crippen LogP contribution in [-0.2, 0) is 11.3 Å². The van der Waals surface area contributed by atoms with Crippen molar-refractivity contribution in [1.82, 2.24) is 20.9 Å². The highest BCUT2D eigenvalue weighted by atomic mass is 35.5. The monoisotopic (exact) mass is 402 g/mol. The van der Waals surface area contributed by atoms with Crippen molar-refractivity contribution < 1.29 is 9.59 Å². The minimum atomic E-state index is -0.342. The van der Waals surface area contributed by atoms with Gasteiger partial charge in [-0.1, -0.05) is 30.7 Å². The number of carbonyl (C=O) groups excluding carboxylic acids is 2. The van der Waals surface area contributed by atoms with E-state index in [1.807, 2.05) is 17.0 Å². The molecule has 0 aliphatic carbocycles. The third-order valence-corrected chi connectivity index (χ3v) is 4.67. The van der Waals surface area contributed by atoms with E-state index in [1.165, 1.54) is 0 Å². The summed E-state index contributed by atoms with van der Waals surface area (Å²) in [6.07, 6.45) is 2.03. The van der Waals surface area contributed by atoms with Crippen LogP contribution in [0, 0.1) is 5.92 Å². The van der Waals surface area contributed by atoms with Crippen molar-refractivity contribution in [2.75, 3.05) is 32.7 Å². The van der Waals surface area contributed by atoms with Crippen molar-refractivity contribution >= 4 is 35.9 Å². The number of halogens is 2. The smallest absolute Gasteiger partial charge is 0.315 e. The molecule has 1 aliphatic heterocycles. The number of amides is 3. The number of benzene rings is 1. The molecular formula is C18H28Cl2N4O2. The minimum absolute atomic E-state index is 0. The first-order valence-corrected chi connectivity index (χ1v) is 9.21. The summed E-state index contributed by atoms with van der Waals surface area (Å²) in [6.45, 7) is 6.06. The van der Waals surface area contributed by atoms with Crippen LogP contribution in [0.4, 0.5) is 4.79 Å². The van der Waals surface area contributed by atoms with E-state index in [9.17, 15) is 9.59 Å². The third-order valence-electron chi connectivity index (χ3n) is 4.42. The van der Waals surface area contributed by atoms with Gasteiger partial charge in [-0.15, -0.1) is 12.4 Å². The standard InChI is InChI=1S/C18H27ClN4O2.ClH/c1-2-20-11-15-7-9-23(10-8-15)17(24)13-22-18(25)21-12-14-3-5-16(19)6-4-14;/h3-6,15,20H,2,7-13H2,1H3,(H2,21,22,25);1H. The molecule has 1 aromatic rings. The summed E-state index contributed by atoms with van der Waals surface area (Å²) in [7, 11) is 0. The van der Waals surface area contributed by atoms with Crippen molar-refractivity contribution in [3.05, 3.63) is 34.9 Å². The molecule has 0 aromatic heterocycles. The number of piperidine rings is 1. The van der Waals surface area contributed by atoms with Gasteiger partial charge in [-0.3, -0.25) is 4.79 Å². The number of likely N-dealkylation sites (tertiary alicyclic amines) is 1. The fourth-order valence-corrected chi connectivity index (χ4v) is 2.98. The zero-order valence-electron chi connectivity index (χ0n) is 15.1. The second-order valence-corrected chi connectivity index (χ2v) is 6.73. The average Bonchev–Trinajstić information content (AvgIpc) is 2.64. The molecule has 0 saturated carbocycles. The zero-order valence-corrected chi connectivity index (χ0v) is 16.7. The van der Waals surface area contributed by atoms with Gasteiger partial charge in [0.25, 0.3) is 0 Å². The molecule has 0 unspecified atom stereocenters. The molecular weight excluding hydrogens is 375 g/mol. The van der Waals surface area contributed by atoms with Crippen molar-refractivity contribution in [2.24, 2.45) is 5.92 Å². The first kappa shape index (κ1) is 22.5. The molecule has 0 atom stereocenters. The topological polar surface area (TPSA) is 73.5 Å².